The van der Waals surface area contributed by atoms with Gasteiger partial charge in [-0.1, -0.05) is 29.8 Å². The van der Waals surface area contributed by atoms with Gasteiger partial charge in [-0.05, 0) is 18.6 Å². The smallest absolute Gasteiger partial charge is 0.261 e. The Morgan fingerprint density at radius 2 is 2.06 bits per heavy atom. The fourth-order valence-electron chi connectivity index (χ4n) is 1.42. The van der Waals surface area contributed by atoms with E-state index in [-0.39, 0.29) is 5.91 Å². The number of carbonyl (C=O) groups is 1. The second-order valence-electron chi connectivity index (χ2n) is 3.84. The highest BCUT2D eigenvalue weighted by Gasteiger charge is 2.07. The van der Waals surface area contributed by atoms with Crippen molar-refractivity contribution in [1.82, 2.24) is 5.32 Å². The van der Waals surface area contributed by atoms with Crippen molar-refractivity contribution in [3.05, 3.63) is 51.7 Å². The number of rotatable bonds is 3. The maximum absolute atomic E-state index is 11.8. The van der Waals surface area contributed by atoms with Gasteiger partial charge in [0.05, 0.1) is 4.88 Å². The van der Waals surface area contributed by atoms with E-state index in [1.54, 1.807) is 6.07 Å². The molecule has 2 rings (SSSR count). The summed E-state index contributed by atoms with van der Waals surface area (Å²) in [6.45, 7) is 2.60. The topological polar surface area (TPSA) is 29.1 Å². The van der Waals surface area contributed by atoms with Gasteiger partial charge in [0.25, 0.3) is 5.91 Å². The number of hydrogen-bond acceptors (Lipinski definition) is 3. The summed E-state index contributed by atoms with van der Waals surface area (Å²) in [5.41, 5.74) is 2.32. The largest absolute Gasteiger partial charge is 0.347 e. The predicted octanol–water partition coefficient (Wildman–Crippen LogP) is 3.28. The van der Waals surface area contributed by atoms with Crippen molar-refractivity contribution in [3.8, 4) is 0 Å². The van der Waals surface area contributed by atoms with Crippen LogP contribution in [0.25, 0.3) is 0 Å². The van der Waals surface area contributed by atoms with E-state index in [2.05, 4.69) is 17.9 Å². The molecule has 2 aromatic rings. The van der Waals surface area contributed by atoms with E-state index in [9.17, 15) is 4.79 Å². The Bertz CT molecular complexity index is 516. The van der Waals surface area contributed by atoms with Crippen LogP contribution < -0.4 is 5.32 Å². The summed E-state index contributed by atoms with van der Waals surface area (Å²) in [6.07, 6.45) is 0. The van der Waals surface area contributed by atoms with Crippen LogP contribution in [-0.4, -0.2) is 5.91 Å². The van der Waals surface area contributed by atoms with Gasteiger partial charge in [-0.15, -0.1) is 24.0 Å². The summed E-state index contributed by atoms with van der Waals surface area (Å²) in [4.78, 5) is 13.3. The fraction of sp³-hybridized carbons (Fsp3) is 0.154. The molecule has 1 aromatic heterocycles. The van der Waals surface area contributed by atoms with Crippen LogP contribution in [0.15, 0.2) is 40.6 Å². The number of aryl methyl sites for hydroxylation is 1. The highest BCUT2D eigenvalue weighted by molar-refractivity contribution is 7.80. The van der Waals surface area contributed by atoms with Crippen LogP contribution in [0.1, 0.15) is 20.8 Å². The maximum Gasteiger partial charge on any atom is 0.261 e. The number of hydrogen-bond donors (Lipinski definition) is 2. The number of thiophene rings is 1. The third kappa shape index (κ3) is 3.35. The van der Waals surface area contributed by atoms with Gasteiger partial charge >= 0.3 is 0 Å². The number of thiol groups is 1. The minimum Gasteiger partial charge on any atom is -0.347 e. The Hall–Kier alpha value is -1.26. The lowest BCUT2D eigenvalue weighted by Crippen LogP contribution is -2.21. The Morgan fingerprint density at radius 1 is 1.35 bits per heavy atom. The Kier molecular flexibility index (Phi) is 3.86. The number of nitrogens with one attached hydrogen (secondary N) is 1. The van der Waals surface area contributed by atoms with Crippen LogP contribution in [0.3, 0.4) is 0 Å². The van der Waals surface area contributed by atoms with E-state index in [0.29, 0.717) is 11.4 Å². The molecule has 1 aromatic carbocycles. The van der Waals surface area contributed by atoms with Crippen molar-refractivity contribution in [2.24, 2.45) is 0 Å². The van der Waals surface area contributed by atoms with Gasteiger partial charge in [0.1, 0.15) is 0 Å². The van der Waals surface area contributed by atoms with E-state index in [1.807, 2.05) is 36.6 Å². The van der Waals surface area contributed by atoms with Crippen LogP contribution in [0.5, 0.6) is 0 Å². The van der Waals surface area contributed by atoms with Gasteiger partial charge in [-0.2, -0.15) is 0 Å². The minimum atomic E-state index is -0.0455. The molecule has 0 saturated carbocycles. The molecular weight excluding hydrogens is 250 g/mol. The minimum absolute atomic E-state index is 0.0455. The van der Waals surface area contributed by atoms with Crippen molar-refractivity contribution in [3.63, 3.8) is 0 Å². The summed E-state index contributed by atoms with van der Waals surface area (Å²) < 4.78 is 0. The molecule has 2 nitrogen and oxygen atoms in total. The Morgan fingerprint density at radius 3 is 2.65 bits per heavy atom. The Balaban J connectivity index is 1.94. The van der Waals surface area contributed by atoms with Crippen LogP contribution in [-0.2, 0) is 6.54 Å². The quantitative estimate of drug-likeness (QED) is 0.818. The molecule has 0 aliphatic carbocycles. The standard InChI is InChI=1S/C13H13NOS2/c1-9-2-4-10(5-3-9)7-14-13(15)12-6-11(16)8-17-12/h2-6,8,16H,7H2,1H3,(H,14,15). The molecule has 0 fully saturated rings. The normalized spacial score (nSPS) is 10.2. The van der Waals surface area contributed by atoms with Gasteiger partial charge in [-0.25, -0.2) is 0 Å². The highest BCUT2D eigenvalue weighted by atomic mass is 32.1. The second-order valence-corrected chi connectivity index (χ2v) is 5.27. The van der Waals surface area contributed by atoms with Crippen LogP contribution in [0, 0.1) is 6.92 Å². The van der Waals surface area contributed by atoms with Gasteiger partial charge in [0.2, 0.25) is 0 Å². The van der Waals surface area contributed by atoms with Crippen molar-refractivity contribution in [2.45, 2.75) is 18.4 Å². The van der Waals surface area contributed by atoms with Crippen LogP contribution >= 0.6 is 24.0 Å². The van der Waals surface area contributed by atoms with Crippen molar-refractivity contribution in [1.29, 1.82) is 0 Å². The first kappa shape index (κ1) is 12.2. The molecule has 4 heteroatoms. The SMILES string of the molecule is Cc1ccc(CNC(=O)c2cc(S)cs2)cc1. The first-order valence-corrected chi connectivity index (χ1v) is 6.59. The van der Waals surface area contributed by atoms with E-state index in [4.69, 9.17) is 0 Å². The van der Waals surface area contributed by atoms with Crippen molar-refractivity contribution >= 4 is 29.9 Å². The van der Waals surface area contributed by atoms with E-state index >= 15 is 0 Å². The third-order valence-corrected chi connectivity index (χ3v) is 3.74. The lowest BCUT2D eigenvalue weighted by Gasteiger charge is -2.04. The Labute approximate surface area is 110 Å². The molecule has 0 unspecified atom stereocenters. The van der Waals surface area contributed by atoms with Gasteiger partial charge in [-0.3, -0.25) is 4.79 Å². The molecular formula is C13H13NOS2. The molecule has 0 atom stereocenters. The summed E-state index contributed by atoms with van der Waals surface area (Å²) >= 11 is 5.59. The molecule has 0 bridgehead atoms. The summed E-state index contributed by atoms with van der Waals surface area (Å²) in [6, 6.07) is 9.90. The lowest BCUT2D eigenvalue weighted by atomic mass is 10.1. The fourth-order valence-corrected chi connectivity index (χ4v) is 2.49. The number of amides is 1. The predicted molar refractivity (Wildman–Crippen MR) is 73.9 cm³/mol. The highest BCUT2D eigenvalue weighted by Crippen LogP contribution is 2.17. The molecule has 1 heterocycles. The van der Waals surface area contributed by atoms with E-state index in [1.165, 1.54) is 16.9 Å². The first-order chi connectivity index (χ1) is 8.15. The molecule has 0 spiro atoms. The molecule has 0 radical (unpaired) electrons. The van der Waals surface area contributed by atoms with Gasteiger partial charge in [0, 0.05) is 16.8 Å². The summed E-state index contributed by atoms with van der Waals surface area (Å²) in [7, 11) is 0. The second kappa shape index (κ2) is 5.38. The molecule has 0 aliphatic rings. The van der Waals surface area contributed by atoms with Crippen molar-refractivity contribution < 1.29 is 4.79 Å². The van der Waals surface area contributed by atoms with E-state index in [0.717, 1.165) is 10.5 Å². The molecule has 0 aliphatic heterocycles. The zero-order valence-corrected chi connectivity index (χ0v) is 11.1. The van der Waals surface area contributed by atoms with Crippen LogP contribution in [0.2, 0.25) is 0 Å². The molecule has 17 heavy (non-hydrogen) atoms. The van der Waals surface area contributed by atoms with E-state index < -0.39 is 0 Å². The van der Waals surface area contributed by atoms with Crippen LogP contribution in [0.4, 0.5) is 0 Å². The zero-order valence-electron chi connectivity index (χ0n) is 9.43. The third-order valence-electron chi connectivity index (χ3n) is 2.38. The van der Waals surface area contributed by atoms with Gasteiger partial charge in [0.15, 0.2) is 0 Å². The average molecular weight is 263 g/mol. The number of carbonyl (C=O) groups excluding carboxylic acids is 1. The molecule has 1 amide bonds. The lowest BCUT2D eigenvalue weighted by molar-refractivity contribution is 0.0955. The number of benzene rings is 1. The monoisotopic (exact) mass is 263 g/mol. The summed E-state index contributed by atoms with van der Waals surface area (Å²) in [5.74, 6) is -0.0455. The maximum atomic E-state index is 11.8. The summed E-state index contributed by atoms with van der Waals surface area (Å²) in [5, 5.41) is 4.74. The first-order valence-electron chi connectivity index (χ1n) is 5.26. The molecule has 88 valence electrons. The molecule has 0 saturated heterocycles. The molecule has 1 N–H and O–H groups in total. The zero-order chi connectivity index (χ0) is 12.3. The average Bonchev–Trinajstić information content (AvgIpc) is 2.75. The van der Waals surface area contributed by atoms with Gasteiger partial charge < -0.3 is 5.32 Å². The van der Waals surface area contributed by atoms with Crippen molar-refractivity contribution in [2.75, 3.05) is 0 Å².